The maximum atomic E-state index is 11.5. The first-order chi connectivity index (χ1) is 3.22. The highest BCUT2D eigenvalue weighted by Crippen LogP contribution is 2.38. The molecule has 0 heterocycles. The van der Waals surface area contributed by atoms with E-state index in [1.54, 1.807) is 0 Å². The summed E-state index contributed by atoms with van der Waals surface area (Å²) in [6.45, 7) is 1.88. The van der Waals surface area contributed by atoms with E-state index >= 15 is 0 Å². The van der Waals surface area contributed by atoms with Gasteiger partial charge in [0.15, 0.2) is 0 Å². The van der Waals surface area contributed by atoms with Gasteiger partial charge >= 0.3 is 6.04 Å². The lowest BCUT2D eigenvalue weighted by Crippen LogP contribution is -1.89. The zero-order valence-electron chi connectivity index (χ0n) is 4.15. The van der Waals surface area contributed by atoms with Crippen molar-refractivity contribution in [3.8, 4) is 0 Å². The molecule has 0 radical (unpaired) electrons. The Hall–Kier alpha value is -0.400. The van der Waals surface area contributed by atoms with Crippen LogP contribution in [0.2, 0.25) is 0 Å². The standard InChI is InChI=1S/C5H7FO/c1-3-2-4(3)5(6)7/h3-4H,2H2,1H3. The van der Waals surface area contributed by atoms with Gasteiger partial charge in [-0.1, -0.05) is 6.92 Å². The maximum Gasteiger partial charge on any atom is 0.304 e. The van der Waals surface area contributed by atoms with Gasteiger partial charge in [0.05, 0.1) is 5.92 Å². The number of hydrogen-bond acceptors (Lipinski definition) is 1. The number of carbonyl (C=O) groups is 1. The SMILES string of the molecule is CC1CC1C(=O)F. The van der Waals surface area contributed by atoms with Crippen LogP contribution in [0, 0.1) is 11.8 Å². The van der Waals surface area contributed by atoms with Crippen LogP contribution in [0.1, 0.15) is 13.3 Å². The molecular weight excluding hydrogens is 95.1 g/mol. The smallest absolute Gasteiger partial charge is 0.261 e. The molecule has 2 atom stereocenters. The Balaban J connectivity index is 2.33. The predicted octanol–water partition coefficient (Wildman–Crippen LogP) is 1.14. The highest BCUT2D eigenvalue weighted by atomic mass is 19.1. The van der Waals surface area contributed by atoms with Gasteiger partial charge in [0, 0.05) is 0 Å². The molecule has 1 aliphatic carbocycles. The molecule has 0 bridgehead atoms. The molecular formula is C5H7FO. The fourth-order valence-electron chi connectivity index (χ4n) is 0.638. The molecule has 1 aliphatic rings. The summed E-state index contributed by atoms with van der Waals surface area (Å²) in [5.41, 5.74) is 0. The van der Waals surface area contributed by atoms with E-state index in [1.165, 1.54) is 0 Å². The normalized spacial score (nSPS) is 38.0. The molecule has 0 aromatic rings. The van der Waals surface area contributed by atoms with Crippen molar-refractivity contribution >= 4 is 6.04 Å². The largest absolute Gasteiger partial charge is 0.304 e. The molecule has 0 N–H and O–H groups in total. The van der Waals surface area contributed by atoms with E-state index < -0.39 is 6.04 Å². The van der Waals surface area contributed by atoms with Crippen LogP contribution in [0.3, 0.4) is 0 Å². The molecule has 0 amide bonds. The highest BCUT2D eigenvalue weighted by Gasteiger charge is 2.39. The Morgan fingerprint density at radius 2 is 2.29 bits per heavy atom. The van der Waals surface area contributed by atoms with Crippen molar-refractivity contribution in [1.29, 1.82) is 0 Å². The summed E-state index contributed by atoms with van der Waals surface area (Å²) in [4.78, 5) is 9.75. The van der Waals surface area contributed by atoms with Gasteiger partial charge in [-0.2, -0.15) is 4.39 Å². The summed E-state index contributed by atoms with van der Waals surface area (Å²) in [5, 5.41) is 0. The zero-order valence-corrected chi connectivity index (χ0v) is 4.15. The monoisotopic (exact) mass is 102 g/mol. The molecule has 2 heteroatoms. The Morgan fingerprint density at radius 1 is 1.86 bits per heavy atom. The average molecular weight is 102 g/mol. The number of halogens is 1. The molecule has 7 heavy (non-hydrogen) atoms. The van der Waals surface area contributed by atoms with E-state index in [4.69, 9.17) is 0 Å². The average Bonchev–Trinajstić information content (AvgIpc) is 2.17. The third-order valence-electron chi connectivity index (χ3n) is 1.40. The summed E-state index contributed by atoms with van der Waals surface area (Å²) < 4.78 is 11.5. The third-order valence-corrected chi connectivity index (χ3v) is 1.40. The minimum absolute atomic E-state index is 0.236. The minimum atomic E-state index is -1.13. The van der Waals surface area contributed by atoms with Gasteiger partial charge in [-0.15, -0.1) is 0 Å². The first-order valence-electron chi connectivity index (χ1n) is 2.41. The molecule has 40 valence electrons. The van der Waals surface area contributed by atoms with Crippen LogP contribution in [-0.2, 0) is 4.79 Å². The molecule has 1 rings (SSSR count). The van der Waals surface area contributed by atoms with Crippen molar-refractivity contribution < 1.29 is 9.18 Å². The topological polar surface area (TPSA) is 17.1 Å². The molecule has 0 saturated heterocycles. The molecule has 1 nitrogen and oxygen atoms in total. The Morgan fingerprint density at radius 3 is 2.29 bits per heavy atom. The van der Waals surface area contributed by atoms with Crippen molar-refractivity contribution in [2.24, 2.45) is 11.8 Å². The van der Waals surface area contributed by atoms with E-state index in [1.807, 2.05) is 6.92 Å². The third kappa shape index (κ3) is 0.787. The van der Waals surface area contributed by atoms with Crippen molar-refractivity contribution in [3.05, 3.63) is 0 Å². The lowest BCUT2D eigenvalue weighted by atomic mass is 10.4. The van der Waals surface area contributed by atoms with Crippen LogP contribution in [0.15, 0.2) is 0 Å². The first kappa shape index (κ1) is 4.75. The quantitative estimate of drug-likeness (QED) is 0.454. The fraction of sp³-hybridized carbons (Fsp3) is 0.800. The van der Waals surface area contributed by atoms with E-state index in [0.29, 0.717) is 5.92 Å². The molecule has 0 aliphatic heterocycles. The summed E-state index contributed by atoms with van der Waals surface area (Å²) in [6, 6.07) is -1.13. The maximum absolute atomic E-state index is 11.5. The lowest BCUT2D eigenvalue weighted by Gasteiger charge is -1.76. The second-order valence-electron chi connectivity index (χ2n) is 2.12. The Kier molecular flexibility index (Phi) is 0.873. The Labute approximate surface area is 41.5 Å². The van der Waals surface area contributed by atoms with E-state index in [-0.39, 0.29) is 5.92 Å². The van der Waals surface area contributed by atoms with Gasteiger partial charge in [-0.25, -0.2) is 0 Å². The number of rotatable bonds is 1. The van der Waals surface area contributed by atoms with Crippen molar-refractivity contribution in [2.75, 3.05) is 0 Å². The summed E-state index contributed by atoms with van der Waals surface area (Å²) >= 11 is 0. The van der Waals surface area contributed by atoms with Crippen LogP contribution in [0.25, 0.3) is 0 Å². The van der Waals surface area contributed by atoms with Crippen molar-refractivity contribution in [1.82, 2.24) is 0 Å². The van der Waals surface area contributed by atoms with E-state index in [9.17, 15) is 9.18 Å². The highest BCUT2D eigenvalue weighted by molar-refractivity contribution is 5.74. The van der Waals surface area contributed by atoms with Crippen molar-refractivity contribution in [2.45, 2.75) is 13.3 Å². The van der Waals surface area contributed by atoms with Crippen molar-refractivity contribution in [3.63, 3.8) is 0 Å². The second kappa shape index (κ2) is 1.29. The fourth-order valence-corrected chi connectivity index (χ4v) is 0.638. The predicted molar refractivity (Wildman–Crippen MR) is 23.4 cm³/mol. The van der Waals surface area contributed by atoms with Crippen LogP contribution in [-0.4, -0.2) is 6.04 Å². The molecule has 1 fully saturated rings. The van der Waals surface area contributed by atoms with Gasteiger partial charge in [-0.05, 0) is 12.3 Å². The van der Waals surface area contributed by atoms with Gasteiger partial charge in [0.2, 0.25) is 0 Å². The van der Waals surface area contributed by atoms with E-state index in [0.717, 1.165) is 6.42 Å². The summed E-state index contributed by atoms with van der Waals surface area (Å²) in [6.07, 6.45) is 0.759. The van der Waals surface area contributed by atoms with Gasteiger partial charge in [0.1, 0.15) is 0 Å². The zero-order chi connectivity index (χ0) is 5.44. The van der Waals surface area contributed by atoms with Crippen LogP contribution >= 0.6 is 0 Å². The molecule has 0 spiro atoms. The number of hydrogen-bond donors (Lipinski definition) is 0. The Bertz CT molecular complexity index is 100. The minimum Gasteiger partial charge on any atom is -0.261 e. The summed E-state index contributed by atoms with van der Waals surface area (Å²) in [7, 11) is 0. The first-order valence-corrected chi connectivity index (χ1v) is 2.41. The second-order valence-corrected chi connectivity index (χ2v) is 2.12. The molecule has 0 aromatic carbocycles. The van der Waals surface area contributed by atoms with Gasteiger partial charge in [0.25, 0.3) is 0 Å². The lowest BCUT2D eigenvalue weighted by molar-refractivity contribution is -0.130. The van der Waals surface area contributed by atoms with E-state index in [2.05, 4.69) is 0 Å². The van der Waals surface area contributed by atoms with Crippen LogP contribution < -0.4 is 0 Å². The molecule has 0 aromatic heterocycles. The molecule has 1 saturated carbocycles. The number of carbonyl (C=O) groups excluding carboxylic acids is 1. The summed E-state index contributed by atoms with van der Waals surface area (Å²) in [5.74, 6) is 0.0810. The van der Waals surface area contributed by atoms with Gasteiger partial charge < -0.3 is 0 Å². The van der Waals surface area contributed by atoms with Crippen LogP contribution in [0.4, 0.5) is 4.39 Å². The molecule has 2 unspecified atom stereocenters. The van der Waals surface area contributed by atoms with Gasteiger partial charge in [-0.3, -0.25) is 4.79 Å². The van der Waals surface area contributed by atoms with Crippen LogP contribution in [0.5, 0.6) is 0 Å².